The van der Waals surface area contributed by atoms with Crippen LogP contribution < -0.4 is 23.7 Å². The summed E-state index contributed by atoms with van der Waals surface area (Å²) in [6, 6.07) is 24.6. The van der Waals surface area contributed by atoms with E-state index in [1.165, 1.54) is 20.3 Å². The van der Waals surface area contributed by atoms with E-state index in [1.807, 2.05) is 37.3 Å². The minimum atomic E-state index is -0.623. The molecule has 0 radical (unpaired) electrons. The van der Waals surface area contributed by atoms with Gasteiger partial charge in [-0.2, -0.15) is 0 Å². The van der Waals surface area contributed by atoms with Gasteiger partial charge in [-0.15, -0.1) is 0 Å². The first-order chi connectivity index (χ1) is 20.5. The first kappa shape index (κ1) is 26.7. The number of hydrogen-bond acceptors (Lipinski definition) is 8. The maximum Gasteiger partial charge on any atom is 0.348 e. The molecule has 0 bridgehead atoms. The lowest BCUT2D eigenvalue weighted by Crippen LogP contribution is -2.09. The second-order valence-electron chi connectivity index (χ2n) is 9.33. The average Bonchev–Trinajstić information content (AvgIpc) is 3.54. The smallest absolute Gasteiger partial charge is 0.348 e. The van der Waals surface area contributed by atoms with Crippen LogP contribution >= 0.6 is 0 Å². The standard InChI is InChI=1S/C34H26O8/c1-4-39-22-14-16-26-25(18-22)30(33(42-26)20-9-6-5-7-10-20)34(36)40-23-13-15-24-28(19-23)41-29(31(24)35)17-21-11-8-12-27(37-2)32(21)38-3/h5-19H,4H2,1-3H3. The number of fused-ring (bicyclic) bond motifs is 2. The second-order valence-corrected chi connectivity index (χ2v) is 9.33. The van der Waals surface area contributed by atoms with Gasteiger partial charge in [-0.05, 0) is 49.4 Å². The van der Waals surface area contributed by atoms with Crippen molar-refractivity contribution in [1.29, 1.82) is 0 Å². The van der Waals surface area contributed by atoms with Gasteiger partial charge in [0.15, 0.2) is 17.3 Å². The minimum Gasteiger partial charge on any atom is -0.494 e. The van der Waals surface area contributed by atoms with Gasteiger partial charge in [0.2, 0.25) is 5.78 Å². The van der Waals surface area contributed by atoms with Gasteiger partial charge in [-0.3, -0.25) is 4.79 Å². The molecule has 1 aliphatic heterocycles. The number of Topliss-reactive ketones (excluding diaryl/α,β-unsaturated/α-hetero) is 1. The van der Waals surface area contributed by atoms with Crippen LogP contribution in [0.3, 0.4) is 0 Å². The summed E-state index contributed by atoms with van der Waals surface area (Å²) in [6.07, 6.45) is 1.59. The SMILES string of the molecule is CCOc1ccc2oc(-c3ccccc3)c(C(=O)Oc3ccc4c(c3)OC(=Cc3cccc(OC)c3OC)C4=O)c2c1. The first-order valence-electron chi connectivity index (χ1n) is 13.3. The summed E-state index contributed by atoms with van der Waals surface area (Å²) in [4.78, 5) is 26.8. The number of para-hydroxylation sites is 1. The van der Waals surface area contributed by atoms with E-state index >= 15 is 0 Å². The molecule has 4 aromatic carbocycles. The van der Waals surface area contributed by atoms with E-state index in [0.29, 0.717) is 51.7 Å². The lowest BCUT2D eigenvalue weighted by molar-refractivity contribution is 0.0736. The summed E-state index contributed by atoms with van der Waals surface area (Å²) in [6.45, 7) is 2.36. The van der Waals surface area contributed by atoms with Crippen molar-refractivity contribution in [3.63, 3.8) is 0 Å². The molecule has 0 saturated heterocycles. The number of furan rings is 1. The quantitative estimate of drug-likeness (QED) is 0.110. The Morgan fingerprint density at radius 2 is 1.69 bits per heavy atom. The van der Waals surface area contributed by atoms with E-state index in [0.717, 1.165) is 5.56 Å². The zero-order valence-corrected chi connectivity index (χ0v) is 23.1. The molecule has 6 rings (SSSR count). The van der Waals surface area contributed by atoms with E-state index in [-0.39, 0.29) is 28.6 Å². The molecular weight excluding hydrogens is 536 g/mol. The van der Waals surface area contributed by atoms with E-state index in [4.69, 9.17) is 28.1 Å². The molecule has 0 saturated carbocycles. The van der Waals surface area contributed by atoms with E-state index in [9.17, 15) is 9.59 Å². The lowest BCUT2D eigenvalue weighted by atomic mass is 10.1. The van der Waals surface area contributed by atoms with Crippen LogP contribution in [0.4, 0.5) is 0 Å². The largest absolute Gasteiger partial charge is 0.494 e. The number of ketones is 1. The third-order valence-corrected chi connectivity index (χ3v) is 6.78. The minimum absolute atomic E-state index is 0.107. The normalized spacial score (nSPS) is 13.1. The molecule has 210 valence electrons. The van der Waals surface area contributed by atoms with E-state index in [2.05, 4.69) is 0 Å². The third-order valence-electron chi connectivity index (χ3n) is 6.78. The highest BCUT2D eigenvalue weighted by Crippen LogP contribution is 2.39. The van der Waals surface area contributed by atoms with Crippen molar-refractivity contribution in [1.82, 2.24) is 0 Å². The zero-order valence-electron chi connectivity index (χ0n) is 23.1. The Bertz CT molecular complexity index is 1850. The Hall–Kier alpha value is -5.50. The van der Waals surface area contributed by atoms with E-state index < -0.39 is 5.97 Å². The van der Waals surface area contributed by atoms with Crippen molar-refractivity contribution in [2.45, 2.75) is 6.92 Å². The zero-order chi connectivity index (χ0) is 29.2. The van der Waals surface area contributed by atoms with Crippen molar-refractivity contribution in [2.75, 3.05) is 20.8 Å². The lowest BCUT2D eigenvalue weighted by Gasteiger charge is -2.10. The molecule has 8 heteroatoms. The van der Waals surface area contributed by atoms with Crippen LogP contribution in [0.1, 0.15) is 33.2 Å². The fourth-order valence-electron chi connectivity index (χ4n) is 4.88. The Kier molecular flexibility index (Phi) is 7.10. The third kappa shape index (κ3) is 4.83. The molecule has 0 unspecified atom stereocenters. The van der Waals surface area contributed by atoms with Gasteiger partial charge in [0.1, 0.15) is 34.2 Å². The maximum absolute atomic E-state index is 13.7. The number of methoxy groups -OCH3 is 2. The highest BCUT2D eigenvalue weighted by Gasteiger charge is 2.30. The molecule has 0 atom stereocenters. The van der Waals surface area contributed by atoms with Crippen LogP contribution in [-0.2, 0) is 0 Å². The highest BCUT2D eigenvalue weighted by atomic mass is 16.5. The highest BCUT2D eigenvalue weighted by molar-refractivity contribution is 6.15. The van der Waals surface area contributed by atoms with Crippen molar-refractivity contribution < 1.29 is 37.7 Å². The molecule has 42 heavy (non-hydrogen) atoms. The molecule has 2 heterocycles. The van der Waals surface area contributed by atoms with Gasteiger partial charge in [0.25, 0.3) is 0 Å². The number of allylic oxidation sites excluding steroid dienone is 1. The van der Waals surface area contributed by atoms with Gasteiger partial charge in [0.05, 0.1) is 26.4 Å². The fourth-order valence-corrected chi connectivity index (χ4v) is 4.88. The Morgan fingerprint density at radius 1 is 0.881 bits per heavy atom. The van der Waals surface area contributed by atoms with Crippen molar-refractivity contribution in [2.24, 2.45) is 0 Å². The molecule has 0 fully saturated rings. The van der Waals surface area contributed by atoms with E-state index in [1.54, 1.807) is 54.6 Å². The van der Waals surface area contributed by atoms with Crippen molar-refractivity contribution >= 4 is 28.8 Å². The predicted molar refractivity (Wildman–Crippen MR) is 157 cm³/mol. The summed E-state index contributed by atoms with van der Waals surface area (Å²) < 4.78 is 34.3. The van der Waals surface area contributed by atoms with Crippen molar-refractivity contribution in [3.8, 4) is 40.1 Å². The monoisotopic (exact) mass is 562 g/mol. The van der Waals surface area contributed by atoms with Crippen LogP contribution in [0.25, 0.3) is 28.4 Å². The van der Waals surface area contributed by atoms with Gasteiger partial charge < -0.3 is 28.1 Å². The molecule has 0 amide bonds. The topological polar surface area (TPSA) is 93.4 Å². The summed E-state index contributed by atoms with van der Waals surface area (Å²) in [5.74, 6) is 1.66. The van der Waals surface area contributed by atoms with Crippen LogP contribution in [0.5, 0.6) is 28.7 Å². The first-order valence-corrected chi connectivity index (χ1v) is 13.3. The van der Waals surface area contributed by atoms with Gasteiger partial charge >= 0.3 is 5.97 Å². The number of carbonyl (C=O) groups is 2. The van der Waals surface area contributed by atoms with Crippen LogP contribution in [0.2, 0.25) is 0 Å². The predicted octanol–water partition coefficient (Wildman–Crippen LogP) is 7.35. The van der Waals surface area contributed by atoms with Gasteiger partial charge in [-0.1, -0.05) is 42.5 Å². The van der Waals surface area contributed by atoms with Gasteiger partial charge in [-0.25, -0.2) is 4.79 Å². The molecular formula is C34H26O8. The molecule has 1 aliphatic rings. The van der Waals surface area contributed by atoms with Crippen LogP contribution in [0, 0.1) is 0 Å². The van der Waals surface area contributed by atoms with Crippen LogP contribution in [-0.4, -0.2) is 32.6 Å². The summed E-state index contributed by atoms with van der Waals surface area (Å²) in [5.41, 5.74) is 2.48. The summed E-state index contributed by atoms with van der Waals surface area (Å²) in [5, 5.41) is 0.565. The molecule has 0 N–H and O–H groups in total. The molecule has 0 spiro atoms. The van der Waals surface area contributed by atoms with Crippen LogP contribution in [0.15, 0.2) is 95.1 Å². The molecule has 5 aromatic rings. The number of benzene rings is 4. The number of hydrogen-bond donors (Lipinski definition) is 0. The summed E-state index contributed by atoms with van der Waals surface area (Å²) in [7, 11) is 3.06. The number of carbonyl (C=O) groups excluding carboxylic acids is 2. The average molecular weight is 563 g/mol. The Labute approximate surface area is 241 Å². The Balaban J connectivity index is 1.33. The molecule has 0 aliphatic carbocycles. The maximum atomic E-state index is 13.7. The number of esters is 1. The Morgan fingerprint density at radius 3 is 2.45 bits per heavy atom. The summed E-state index contributed by atoms with van der Waals surface area (Å²) >= 11 is 0. The van der Waals surface area contributed by atoms with Gasteiger partial charge in [0, 0.05) is 22.6 Å². The fraction of sp³-hybridized carbons (Fsp3) is 0.118. The number of ether oxygens (including phenoxy) is 5. The molecule has 1 aromatic heterocycles. The van der Waals surface area contributed by atoms with Crippen molar-refractivity contribution in [3.05, 3.63) is 107 Å². The number of rotatable bonds is 8. The second kappa shape index (κ2) is 11.2. The molecule has 8 nitrogen and oxygen atoms in total.